The lowest BCUT2D eigenvalue weighted by molar-refractivity contribution is 0.0396. The summed E-state index contributed by atoms with van der Waals surface area (Å²) in [6.07, 6.45) is 1.27. The van der Waals surface area contributed by atoms with Gasteiger partial charge < -0.3 is 14.6 Å². The van der Waals surface area contributed by atoms with Gasteiger partial charge in [-0.1, -0.05) is 12.1 Å². The quantitative estimate of drug-likeness (QED) is 0.725. The van der Waals surface area contributed by atoms with Crippen molar-refractivity contribution < 1.29 is 14.6 Å². The van der Waals surface area contributed by atoms with Crippen LogP contribution in [0.25, 0.3) is 0 Å². The van der Waals surface area contributed by atoms with Crippen LogP contribution in [-0.4, -0.2) is 59.3 Å². The molecule has 1 aliphatic rings. The average molecular weight is 360 g/mol. The number of H-pyrrole nitrogens is 1. The fourth-order valence-electron chi connectivity index (χ4n) is 2.56. The third-order valence-electron chi connectivity index (χ3n) is 4.04. The molecule has 0 unspecified atom stereocenters. The lowest BCUT2D eigenvalue weighted by Crippen LogP contribution is -2.34. The van der Waals surface area contributed by atoms with Crippen molar-refractivity contribution >= 4 is 6.21 Å². The van der Waals surface area contributed by atoms with E-state index in [9.17, 15) is 14.7 Å². The van der Waals surface area contributed by atoms with Crippen LogP contribution in [0.4, 0.5) is 0 Å². The molecule has 0 radical (unpaired) electrons. The van der Waals surface area contributed by atoms with Gasteiger partial charge in [0.2, 0.25) is 5.88 Å². The van der Waals surface area contributed by atoms with E-state index in [1.54, 1.807) is 36.4 Å². The normalized spacial score (nSPS) is 14.7. The van der Waals surface area contributed by atoms with Gasteiger partial charge in [0.05, 0.1) is 46.2 Å². The molecule has 0 aliphatic carbocycles. The van der Waals surface area contributed by atoms with Gasteiger partial charge in [-0.3, -0.25) is 19.4 Å². The topological polar surface area (TPSA) is 109 Å². The van der Waals surface area contributed by atoms with Crippen LogP contribution < -0.4 is 16.0 Å². The summed E-state index contributed by atoms with van der Waals surface area (Å²) < 4.78 is 11.4. The van der Waals surface area contributed by atoms with Crippen molar-refractivity contribution in [2.24, 2.45) is 5.10 Å². The standard InChI is InChI=1S/C17H20N4O5/c1-25-13-4-2-12(3-5-13)11-21-16(23)14(15(22)19-17(21)24)10-18-20-6-8-26-9-7-20/h2-5,10,23H,6-9,11H2,1H3,(H,19,22,24)/b18-10+. The van der Waals surface area contributed by atoms with Gasteiger partial charge in [-0.2, -0.15) is 5.10 Å². The van der Waals surface area contributed by atoms with Crippen molar-refractivity contribution in [2.75, 3.05) is 33.4 Å². The number of ether oxygens (including phenoxy) is 2. The summed E-state index contributed by atoms with van der Waals surface area (Å²) in [7, 11) is 1.56. The summed E-state index contributed by atoms with van der Waals surface area (Å²) in [6.45, 7) is 2.40. The van der Waals surface area contributed by atoms with E-state index in [0.29, 0.717) is 32.1 Å². The highest BCUT2D eigenvalue weighted by atomic mass is 16.5. The maximum Gasteiger partial charge on any atom is 0.331 e. The number of rotatable bonds is 5. The maximum absolute atomic E-state index is 12.1. The molecule has 9 heteroatoms. The number of nitrogens with one attached hydrogen (secondary N) is 1. The van der Waals surface area contributed by atoms with Crippen molar-refractivity contribution in [1.29, 1.82) is 0 Å². The predicted octanol–water partition coefficient (Wildman–Crippen LogP) is -0.0348. The summed E-state index contributed by atoms with van der Waals surface area (Å²) in [5.41, 5.74) is -0.668. The Labute approximate surface area is 149 Å². The zero-order valence-electron chi connectivity index (χ0n) is 14.3. The molecule has 0 amide bonds. The molecule has 9 nitrogen and oxygen atoms in total. The van der Waals surface area contributed by atoms with E-state index in [-0.39, 0.29) is 12.1 Å². The van der Waals surface area contributed by atoms with Crippen LogP contribution in [0.2, 0.25) is 0 Å². The van der Waals surface area contributed by atoms with E-state index < -0.39 is 17.1 Å². The Bertz CT molecular complexity index is 895. The molecule has 1 aliphatic heterocycles. The Kier molecular flexibility index (Phi) is 5.37. The minimum Gasteiger partial charge on any atom is -0.497 e. The highest BCUT2D eigenvalue weighted by Gasteiger charge is 2.14. The smallest absolute Gasteiger partial charge is 0.331 e. The minimum atomic E-state index is -0.688. The fraction of sp³-hybridized carbons (Fsp3) is 0.353. The largest absolute Gasteiger partial charge is 0.497 e. The first kappa shape index (κ1) is 17.7. The zero-order valence-corrected chi connectivity index (χ0v) is 14.3. The molecule has 2 aromatic rings. The van der Waals surface area contributed by atoms with Crippen molar-refractivity contribution in [3.05, 3.63) is 56.2 Å². The molecule has 1 saturated heterocycles. The first-order chi connectivity index (χ1) is 12.6. The molecule has 0 bridgehead atoms. The van der Waals surface area contributed by atoms with E-state index in [0.717, 1.165) is 10.1 Å². The lowest BCUT2D eigenvalue weighted by Gasteiger charge is -2.23. The lowest BCUT2D eigenvalue weighted by atomic mass is 10.2. The molecular weight excluding hydrogens is 340 g/mol. The third kappa shape index (κ3) is 3.94. The number of morpholine rings is 1. The van der Waals surface area contributed by atoms with Crippen LogP contribution in [0.3, 0.4) is 0 Å². The SMILES string of the molecule is COc1ccc(Cn2c(O)c(/C=N/N3CCOCC3)c(=O)[nH]c2=O)cc1. The second-order valence-electron chi connectivity index (χ2n) is 5.74. The molecule has 1 aromatic heterocycles. The molecule has 1 fully saturated rings. The summed E-state index contributed by atoms with van der Waals surface area (Å²) in [6, 6.07) is 7.06. The molecule has 1 aromatic carbocycles. The molecule has 2 N–H and O–H groups in total. The number of methoxy groups -OCH3 is 1. The van der Waals surface area contributed by atoms with Crippen molar-refractivity contribution in [1.82, 2.24) is 14.6 Å². The highest BCUT2D eigenvalue weighted by Crippen LogP contribution is 2.15. The molecule has 3 rings (SSSR count). The Morgan fingerprint density at radius 2 is 1.96 bits per heavy atom. The predicted molar refractivity (Wildman–Crippen MR) is 95.1 cm³/mol. The molecule has 0 spiro atoms. The number of hydrogen-bond donors (Lipinski definition) is 2. The number of hydrogen-bond acceptors (Lipinski definition) is 7. The molecule has 2 heterocycles. The number of aromatic amines is 1. The van der Waals surface area contributed by atoms with E-state index in [4.69, 9.17) is 9.47 Å². The van der Waals surface area contributed by atoms with Crippen molar-refractivity contribution in [2.45, 2.75) is 6.54 Å². The van der Waals surface area contributed by atoms with Gasteiger partial charge in [0, 0.05) is 0 Å². The van der Waals surface area contributed by atoms with E-state index in [1.807, 2.05) is 0 Å². The number of benzene rings is 1. The van der Waals surface area contributed by atoms with E-state index in [2.05, 4.69) is 10.1 Å². The third-order valence-corrected chi connectivity index (χ3v) is 4.04. The number of aromatic hydroxyl groups is 1. The highest BCUT2D eigenvalue weighted by molar-refractivity contribution is 5.81. The van der Waals surface area contributed by atoms with Crippen LogP contribution in [0, 0.1) is 0 Å². The van der Waals surface area contributed by atoms with Crippen LogP contribution in [0.15, 0.2) is 39.0 Å². The van der Waals surface area contributed by atoms with Gasteiger partial charge in [-0.05, 0) is 17.7 Å². The van der Waals surface area contributed by atoms with Gasteiger partial charge in [0.25, 0.3) is 5.56 Å². The average Bonchev–Trinajstić information content (AvgIpc) is 2.66. The summed E-state index contributed by atoms with van der Waals surface area (Å²) in [4.78, 5) is 26.4. The monoisotopic (exact) mass is 360 g/mol. The van der Waals surface area contributed by atoms with Crippen LogP contribution in [0.1, 0.15) is 11.1 Å². The Morgan fingerprint density at radius 1 is 1.27 bits per heavy atom. The van der Waals surface area contributed by atoms with Crippen LogP contribution >= 0.6 is 0 Å². The number of hydrazone groups is 1. The van der Waals surface area contributed by atoms with Crippen LogP contribution in [0.5, 0.6) is 11.6 Å². The molecule has 138 valence electrons. The summed E-state index contributed by atoms with van der Waals surface area (Å²) in [5, 5.41) is 16.4. The van der Waals surface area contributed by atoms with E-state index in [1.165, 1.54) is 6.21 Å². The maximum atomic E-state index is 12.1. The Balaban J connectivity index is 1.89. The second kappa shape index (κ2) is 7.87. The molecule has 0 atom stereocenters. The minimum absolute atomic E-state index is 0.0652. The number of nitrogens with zero attached hydrogens (tertiary/aromatic N) is 3. The van der Waals surface area contributed by atoms with Gasteiger partial charge in [0.15, 0.2) is 0 Å². The first-order valence-electron chi connectivity index (χ1n) is 8.14. The van der Waals surface area contributed by atoms with Gasteiger partial charge in [-0.25, -0.2) is 4.79 Å². The first-order valence-corrected chi connectivity index (χ1v) is 8.14. The van der Waals surface area contributed by atoms with Crippen molar-refractivity contribution in [3.63, 3.8) is 0 Å². The second-order valence-corrected chi connectivity index (χ2v) is 5.74. The summed E-state index contributed by atoms with van der Waals surface area (Å²) in [5.74, 6) is 0.261. The van der Waals surface area contributed by atoms with Gasteiger partial charge >= 0.3 is 5.69 Å². The van der Waals surface area contributed by atoms with Gasteiger partial charge in [-0.15, -0.1) is 0 Å². The van der Waals surface area contributed by atoms with Crippen molar-refractivity contribution in [3.8, 4) is 11.6 Å². The fourth-order valence-corrected chi connectivity index (χ4v) is 2.56. The number of aromatic nitrogens is 2. The molecule has 26 heavy (non-hydrogen) atoms. The Morgan fingerprint density at radius 3 is 2.62 bits per heavy atom. The zero-order chi connectivity index (χ0) is 18.5. The molecule has 0 saturated carbocycles. The molecular formula is C17H20N4O5. The summed E-state index contributed by atoms with van der Waals surface area (Å²) >= 11 is 0. The van der Waals surface area contributed by atoms with Crippen LogP contribution in [-0.2, 0) is 11.3 Å². The van der Waals surface area contributed by atoms with Gasteiger partial charge in [0.1, 0.15) is 11.3 Å². The van der Waals surface area contributed by atoms with E-state index >= 15 is 0 Å². The Hall–Kier alpha value is -3.07.